The fraction of sp³-hybridized carbons (Fsp3) is 0.370. The van der Waals surface area contributed by atoms with Crippen molar-refractivity contribution in [1.82, 2.24) is 15.2 Å². The number of rotatable bonds is 11. The van der Waals surface area contributed by atoms with Crippen LogP contribution in [0.25, 0.3) is 0 Å². The minimum Gasteiger partial charge on any atom is -0.481 e. The number of ether oxygens (including phenoxy) is 2. The maximum Gasteiger partial charge on any atom is 0.338 e. The van der Waals surface area contributed by atoms with Crippen LogP contribution in [0.2, 0.25) is 5.02 Å². The molecule has 1 saturated heterocycles. The number of nitrogens with one attached hydrogen (secondary N) is 1. The first-order valence-electron chi connectivity index (χ1n) is 13.1. The van der Waals surface area contributed by atoms with Crippen molar-refractivity contribution < 1.29 is 63.4 Å². The number of methoxy groups -OCH3 is 1. The fourth-order valence-corrected chi connectivity index (χ4v) is 5.30. The van der Waals surface area contributed by atoms with Crippen molar-refractivity contribution in [1.29, 1.82) is 0 Å². The zero-order valence-electron chi connectivity index (χ0n) is 23.9. The number of hydrogen-bond acceptors (Lipinski definition) is 13. The van der Waals surface area contributed by atoms with Crippen LogP contribution in [0.3, 0.4) is 0 Å². The molecule has 0 spiro atoms. The van der Waals surface area contributed by atoms with Gasteiger partial charge in [0.1, 0.15) is 17.9 Å². The van der Waals surface area contributed by atoms with Crippen LogP contribution in [0.5, 0.6) is 0 Å². The molecule has 2 atom stereocenters. The van der Waals surface area contributed by atoms with Crippen molar-refractivity contribution in [3.63, 3.8) is 0 Å². The van der Waals surface area contributed by atoms with Crippen LogP contribution in [-0.4, -0.2) is 116 Å². The van der Waals surface area contributed by atoms with E-state index in [1.165, 1.54) is 30.6 Å². The molecule has 1 fully saturated rings. The van der Waals surface area contributed by atoms with Gasteiger partial charge in [-0.15, -0.1) is 11.3 Å². The van der Waals surface area contributed by atoms with E-state index in [9.17, 15) is 33.5 Å². The van der Waals surface area contributed by atoms with E-state index in [-0.39, 0.29) is 23.7 Å². The number of nitrogens with zero attached hydrogens (tertiary/aromatic N) is 3. The number of carbonyl (C=O) groups is 5. The second kappa shape index (κ2) is 15.7. The van der Waals surface area contributed by atoms with Crippen LogP contribution in [0.4, 0.5) is 4.39 Å². The molecule has 248 valence electrons. The molecule has 3 heterocycles. The number of carboxylic acid groups (broad SMARTS) is 4. The molecule has 0 bridgehead atoms. The lowest BCUT2D eigenvalue weighted by atomic mass is 9.95. The number of aliphatic imine (C=N–C) groups is 1. The van der Waals surface area contributed by atoms with Gasteiger partial charge in [0.05, 0.1) is 38.7 Å². The van der Waals surface area contributed by atoms with E-state index in [1.807, 2.05) is 0 Å². The monoisotopic (exact) mass is 686 g/mol. The molecule has 0 saturated carbocycles. The first-order chi connectivity index (χ1) is 21.7. The smallest absolute Gasteiger partial charge is 0.338 e. The van der Waals surface area contributed by atoms with Crippen LogP contribution in [0.15, 0.2) is 46.0 Å². The van der Waals surface area contributed by atoms with Gasteiger partial charge in [-0.3, -0.25) is 24.3 Å². The van der Waals surface area contributed by atoms with Gasteiger partial charge in [-0.1, -0.05) is 17.7 Å². The summed E-state index contributed by atoms with van der Waals surface area (Å²) in [5, 5.41) is 49.0. The molecule has 4 rings (SSSR count). The topological polar surface area (TPSA) is 245 Å². The van der Waals surface area contributed by atoms with Crippen LogP contribution in [-0.2, 0) is 33.4 Å². The maximum atomic E-state index is 13.7. The highest BCUT2D eigenvalue weighted by Crippen LogP contribution is 2.37. The van der Waals surface area contributed by atoms with Gasteiger partial charge in [0.2, 0.25) is 0 Å². The third kappa shape index (κ3) is 9.04. The zero-order chi connectivity index (χ0) is 34.2. The summed E-state index contributed by atoms with van der Waals surface area (Å²) in [7, 11) is 1.24. The van der Waals surface area contributed by atoms with Gasteiger partial charge >= 0.3 is 29.8 Å². The third-order valence-corrected chi connectivity index (χ3v) is 7.70. The highest BCUT2D eigenvalue weighted by atomic mass is 35.5. The summed E-state index contributed by atoms with van der Waals surface area (Å²) in [6.07, 6.45) is -0.672. The summed E-state index contributed by atoms with van der Waals surface area (Å²) in [4.78, 5) is 65.8. The van der Waals surface area contributed by atoms with Crippen molar-refractivity contribution in [3.8, 4) is 0 Å². The molecule has 2 aliphatic heterocycles. The Balaban J connectivity index is 0.000000376. The van der Waals surface area contributed by atoms with E-state index in [4.69, 9.17) is 41.5 Å². The molecule has 0 radical (unpaired) electrons. The summed E-state index contributed by atoms with van der Waals surface area (Å²) in [5.74, 6) is -6.85. The molecule has 6 N–H and O–H groups in total. The number of carboxylic acids is 4. The second-order valence-electron chi connectivity index (χ2n) is 9.77. The van der Waals surface area contributed by atoms with E-state index in [1.54, 1.807) is 16.5 Å². The summed E-state index contributed by atoms with van der Waals surface area (Å²) < 4.78 is 24.1. The van der Waals surface area contributed by atoms with Gasteiger partial charge < -0.3 is 40.3 Å². The van der Waals surface area contributed by atoms with Crippen molar-refractivity contribution in [2.45, 2.75) is 30.5 Å². The second-order valence-corrected chi connectivity index (χ2v) is 11.1. The molecule has 2 aromatic rings. The van der Waals surface area contributed by atoms with Gasteiger partial charge in [-0.25, -0.2) is 19.0 Å². The molecule has 2 unspecified atom stereocenters. The first kappa shape index (κ1) is 36.0. The lowest BCUT2D eigenvalue weighted by Gasteiger charge is -2.35. The predicted molar refractivity (Wildman–Crippen MR) is 156 cm³/mol. The standard InChI is InChI=1S/C21H20ClFN4O5S.C6H8O7/c1-31-21(30)16-14(9-27-5-6-32-10-15(27)20(28)29)25-18(19-24-4-7-33-19)26-17(16)12-3-2-11(23)8-13(12)22;7-3(8)1-6(13,5(11)12)2-4(9)10/h2-4,7-8,15,17H,5-6,9-10H2,1H3,(H,25,26)(H,28,29);13H,1-2H2,(H,7,8)(H,9,10)(H,11,12). The summed E-state index contributed by atoms with van der Waals surface area (Å²) in [6, 6.07) is 2.05. The number of morpholine rings is 1. The van der Waals surface area contributed by atoms with Gasteiger partial charge in [0, 0.05) is 40.9 Å². The van der Waals surface area contributed by atoms with Gasteiger partial charge in [-0.05, 0) is 12.1 Å². The lowest BCUT2D eigenvalue weighted by Crippen LogP contribution is -2.52. The average Bonchev–Trinajstić information content (AvgIpc) is 3.51. The van der Waals surface area contributed by atoms with Crippen molar-refractivity contribution in [2.75, 3.05) is 33.4 Å². The zero-order valence-corrected chi connectivity index (χ0v) is 25.5. The predicted octanol–water partition coefficient (Wildman–Crippen LogP) is 0.991. The highest BCUT2D eigenvalue weighted by molar-refractivity contribution is 7.11. The van der Waals surface area contributed by atoms with E-state index >= 15 is 0 Å². The largest absolute Gasteiger partial charge is 0.481 e. The highest BCUT2D eigenvalue weighted by Gasteiger charge is 2.41. The van der Waals surface area contributed by atoms with Crippen molar-refractivity contribution >= 4 is 58.6 Å². The van der Waals surface area contributed by atoms with Crippen molar-refractivity contribution in [3.05, 3.63) is 62.5 Å². The third-order valence-electron chi connectivity index (χ3n) is 6.59. The number of thiazole rings is 1. The molecule has 46 heavy (non-hydrogen) atoms. The van der Waals surface area contributed by atoms with E-state index in [0.29, 0.717) is 35.3 Å². The Bertz CT molecular complexity index is 1530. The summed E-state index contributed by atoms with van der Waals surface area (Å²) in [6.45, 7) is 0.814. The molecule has 0 amide bonds. The molecule has 1 aromatic carbocycles. The molecular formula is C27H28ClFN4O12S. The minimum atomic E-state index is -2.74. The molecule has 0 aliphatic carbocycles. The molecule has 1 aromatic heterocycles. The van der Waals surface area contributed by atoms with Crippen molar-refractivity contribution in [2.24, 2.45) is 4.99 Å². The Morgan fingerprint density at radius 3 is 2.37 bits per heavy atom. The molecule has 19 heteroatoms. The normalized spacial score (nSPS) is 18.4. The minimum absolute atomic E-state index is 0.0246. The Morgan fingerprint density at radius 1 is 1.17 bits per heavy atom. The molecule has 2 aliphatic rings. The Kier molecular flexibility index (Phi) is 12.3. The Hall–Kier alpha value is -4.49. The quantitative estimate of drug-likeness (QED) is 0.180. The lowest BCUT2D eigenvalue weighted by molar-refractivity contribution is -0.170. The van der Waals surface area contributed by atoms with Gasteiger partial charge in [0.15, 0.2) is 16.4 Å². The summed E-state index contributed by atoms with van der Waals surface area (Å²) >= 11 is 7.67. The number of amidine groups is 1. The van der Waals surface area contributed by atoms with Crippen LogP contribution < -0.4 is 5.32 Å². The Morgan fingerprint density at radius 2 is 1.85 bits per heavy atom. The number of aliphatic hydroxyl groups is 1. The van der Waals surface area contributed by atoms with E-state index in [2.05, 4.69) is 15.3 Å². The molecular weight excluding hydrogens is 659 g/mol. The first-order valence-corrected chi connectivity index (χ1v) is 14.4. The van der Waals surface area contributed by atoms with Crippen LogP contribution in [0.1, 0.15) is 29.5 Å². The SMILES string of the molecule is COC(=O)C1=C(CN2CCOCC2C(=O)O)NC(c2nccs2)=NC1c1ccc(F)cc1Cl.O=C(O)CC(O)(CC(=O)O)C(=O)O. The Labute approximate surface area is 268 Å². The number of hydrogen-bond donors (Lipinski definition) is 6. The van der Waals surface area contributed by atoms with Crippen LogP contribution in [0, 0.1) is 5.82 Å². The van der Waals surface area contributed by atoms with Gasteiger partial charge in [-0.2, -0.15) is 0 Å². The van der Waals surface area contributed by atoms with Crippen LogP contribution >= 0.6 is 22.9 Å². The number of aromatic nitrogens is 1. The number of aliphatic carboxylic acids is 4. The number of halogens is 2. The van der Waals surface area contributed by atoms with E-state index < -0.39 is 66.2 Å². The fourth-order valence-electron chi connectivity index (χ4n) is 4.44. The molecule has 16 nitrogen and oxygen atoms in total. The summed E-state index contributed by atoms with van der Waals surface area (Å²) in [5.41, 5.74) is -1.77. The van der Waals surface area contributed by atoms with E-state index in [0.717, 1.165) is 6.07 Å². The van der Waals surface area contributed by atoms with Gasteiger partial charge in [0.25, 0.3) is 0 Å². The maximum absolute atomic E-state index is 13.7. The average molecular weight is 687 g/mol. The number of esters is 1. The number of benzene rings is 1. The number of carbonyl (C=O) groups excluding carboxylic acids is 1.